The van der Waals surface area contributed by atoms with E-state index in [9.17, 15) is 9.59 Å². The number of piperidine rings is 1. The summed E-state index contributed by atoms with van der Waals surface area (Å²) in [5.74, 6) is 0.0585. The van der Waals surface area contributed by atoms with E-state index in [1.807, 2.05) is 41.3 Å². The first kappa shape index (κ1) is 25.2. The predicted molar refractivity (Wildman–Crippen MR) is 140 cm³/mol. The van der Waals surface area contributed by atoms with Gasteiger partial charge in [0.05, 0.1) is 0 Å². The third kappa shape index (κ3) is 8.10. The van der Waals surface area contributed by atoms with Crippen molar-refractivity contribution in [3.05, 3.63) is 71.8 Å². The zero-order valence-electron chi connectivity index (χ0n) is 20.8. The minimum atomic E-state index is -0.0530. The molecule has 2 aromatic carbocycles. The molecule has 6 heteroatoms. The summed E-state index contributed by atoms with van der Waals surface area (Å²) in [7, 11) is 0. The lowest BCUT2D eigenvalue weighted by Crippen LogP contribution is -2.49. The highest BCUT2D eigenvalue weighted by Gasteiger charge is 2.27. The van der Waals surface area contributed by atoms with E-state index in [1.54, 1.807) is 0 Å². The fraction of sp³-hybridized carbons (Fsp3) is 0.517. The Morgan fingerprint density at radius 1 is 0.829 bits per heavy atom. The number of likely N-dealkylation sites (tertiary alicyclic amines) is 1. The van der Waals surface area contributed by atoms with Crippen LogP contribution < -0.4 is 10.6 Å². The molecule has 0 unspecified atom stereocenters. The second-order valence-corrected chi connectivity index (χ2v) is 9.98. The van der Waals surface area contributed by atoms with Crippen molar-refractivity contribution < 1.29 is 9.59 Å². The first-order valence-corrected chi connectivity index (χ1v) is 13.3. The van der Waals surface area contributed by atoms with E-state index in [1.165, 1.54) is 12.0 Å². The normalized spacial score (nSPS) is 17.6. The fourth-order valence-corrected chi connectivity index (χ4v) is 5.32. The Kier molecular flexibility index (Phi) is 9.58. The summed E-state index contributed by atoms with van der Waals surface area (Å²) in [4.78, 5) is 30.3. The van der Waals surface area contributed by atoms with Gasteiger partial charge in [0.15, 0.2) is 0 Å². The number of amides is 3. The summed E-state index contributed by atoms with van der Waals surface area (Å²) in [6.45, 7) is 3.95. The van der Waals surface area contributed by atoms with E-state index in [0.29, 0.717) is 19.5 Å². The minimum absolute atomic E-state index is 0.0530. The van der Waals surface area contributed by atoms with Gasteiger partial charge in [-0.2, -0.15) is 0 Å². The summed E-state index contributed by atoms with van der Waals surface area (Å²) in [5.41, 5.74) is 2.42. The lowest BCUT2D eigenvalue weighted by Gasteiger charge is -2.35. The van der Waals surface area contributed by atoms with E-state index in [0.717, 1.165) is 63.7 Å². The zero-order chi connectivity index (χ0) is 24.3. The molecule has 1 aliphatic heterocycles. The van der Waals surface area contributed by atoms with Crippen LogP contribution >= 0.6 is 0 Å². The average molecular weight is 477 g/mol. The molecule has 0 bridgehead atoms. The van der Waals surface area contributed by atoms with E-state index >= 15 is 0 Å². The van der Waals surface area contributed by atoms with Crippen LogP contribution in [0.1, 0.15) is 62.5 Å². The highest BCUT2D eigenvalue weighted by molar-refractivity contribution is 5.78. The van der Waals surface area contributed by atoms with Gasteiger partial charge in [-0.15, -0.1) is 0 Å². The summed E-state index contributed by atoms with van der Waals surface area (Å²) >= 11 is 0. The lowest BCUT2D eigenvalue weighted by atomic mass is 9.94. The van der Waals surface area contributed by atoms with Gasteiger partial charge >= 0.3 is 6.03 Å². The Hall–Kier alpha value is -2.86. The maximum Gasteiger partial charge on any atom is 0.317 e. The van der Waals surface area contributed by atoms with Crippen molar-refractivity contribution in [2.45, 2.75) is 76.5 Å². The Morgan fingerprint density at radius 3 is 2.11 bits per heavy atom. The molecule has 188 valence electrons. The van der Waals surface area contributed by atoms with Crippen LogP contribution in [0.15, 0.2) is 60.7 Å². The van der Waals surface area contributed by atoms with E-state index in [-0.39, 0.29) is 24.0 Å². The van der Waals surface area contributed by atoms with E-state index in [2.05, 4.69) is 39.8 Å². The molecule has 2 fully saturated rings. The number of benzene rings is 2. The van der Waals surface area contributed by atoms with Gasteiger partial charge in [0.2, 0.25) is 5.91 Å². The lowest BCUT2D eigenvalue weighted by molar-refractivity contribution is -0.122. The van der Waals surface area contributed by atoms with E-state index < -0.39 is 0 Å². The van der Waals surface area contributed by atoms with Gasteiger partial charge in [-0.25, -0.2) is 4.79 Å². The Balaban J connectivity index is 1.22. The Morgan fingerprint density at radius 2 is 1.46 bits per heavy atom. The van der Waals surface area contributed by atoms with Crippen molar-refractivity contribution in [2.75, 3.05) is 19.6 Å². The number of hydrogen-bond acceptors (Lipinski definition) is 3. The smallest absolute Gasteiger partial charge is 0.317 e. The first-order chi connectivity index (χ1) is 17.2. The van der Waals surface area contributed by atoms with Crippen molar-refractivity contribution in [3.63, 3.8) is 0 Å². The zero-order valence-corrected chi connectivity index (χ0v) is 20.8. The molecular weight excluding hydrogens is 436 g/mol. The maximum atomic E-state index is 13.1. The molecule has 1 aliphatic carbocycles. The molecule has 35 heavy (non-hydrogen) atoms. The molecule has 2 aliphatic rings. The van der Waals surface area contributed by atoms with Crippen molar-refractivity contribution in [1.29, 1.82) is 0 Å². The Labute approximate surface area is 210 Å². The third-order valence-electron chi connectivity index (χ3n) is 7.34. The number of rotatable bonds is 9. The number of carbonyl (C=O) groups is 2. The SMILES string of the molecule is O=C(CCN(C(=O)NCc1ccccc1)C1CCCCC1)NC1CCN(Cc2ccccc2)CC1. The van der Waals surface area contributed by atoms with Crippen LogP contribution in [0, 0.1) is 0 Å². The van der Waals surface area contributed by atoms with Crippen LogP contribution in [0.25, 0.3) is 0 Å². The molecule has 0 aromatic heterocycles. The van der Waals surface area contributed by atoms with Gasteiger partial charge in [-0.1, -0.05) is 79.9 Å². The summed E-state index contributed by atoms with van der Waals surface area (Å²) in [6.07, 6.45) is 7.91. The van der Waals surface area contributed by atoms with Gasteiger partial charge in [-0.05, 0) is 36.8 Å². The summed E-state index contributed by atoms with van der Waals surface area (Å²) < 4.78 is 0. The molecule has 4 rings (SSSR count). The first-order valence-electron chi connectivity index (χ1n) is 13.3. The quantitative estimate of drug-likeness (QED) is 0.551. The topological polar surface area (TPSA) is 64.7 Å². The van der Waals surface area contributed by atoms with Gasteiger partial charge in [0.25, 0.3) is 0 Å². The largest absolute Gasteiger partial charge is 0.353 e. The molecule has 0 spiro atoms. The van der Waals surface area contributed by atoms with Crippen LogP contribution in [0.5, 0.6) is 0 Å². The van der Waals surface area contributed by atoms with Gasteiger partial charge in [0, 0.05) is 51.2 Å². The fourth-order valence-electron chi connectivity index (χ4n) is 5.32. The van der Waals surface area contributed by atoms with E-state index in [4.69, 9.17) is 0 Å². The molecule has 6 nitrogen and oxygen atoms in total. The minimum Gasteiger partial charge on any atom is -0.353 e. The molecule has 0 atom stereocenters. The number of urea groups is 1. The molecule has 2 aromatic rings. The van der Waals surface area contributed by atoms with Crippen molar-refractivity contribution in [1.82, 2.24) is 20.4 Å². The number of nitrogens with one attached hydrogen (secondary N) is 2. The molecular formula is C29H40N4O2. The maximum absolute atomic E-state index is 13.1. The molecule has 2 N–H and O–H groups in total. The summed E-state index contributed by atoms with van der Waals surface area (Å²) in [6, 6.07) is 20.9. The van der Waals surface area contributed by atoms with Gasteiger partial charge in [0.1, 0.15) is 0 Å². The predicted octanol–water partition coefficient (Wildman–Crippen LogP) is 4.70. The standard InChI is InChI=1S/C29H40N4O2/c34-28(31-26-16-19-32(20-17-26)23-25-12-6-2-7-13-25)18-21-33(27-14-8-3-9-15-27)29(35)30-22-24-10-4-1-5-11-24/h1-2,4-7,10-13,26-27H,3,8-9,14-23H2,(H,30,35)(H,31,34). The Bertz CT molecular complexity index is 907. The molecule has 1 heterocycles. The second kappa shape index (κ2) is 13.3. The summed E-state index contributed by atoms with van der Waals surface area (Å²) in [5, 5.41) is 6.31. The average Bonchev–Trinajstić information content (AvgIpc) is 2.90. The van der Waals surface area contributed by atoms with Crippen molar-refractivity contribution in [3.8, 4) is 0 Å². The monoisotopic (exact) mass is 476 g/mol. The van der Waals surface area contributed by atoms with Crippen molar-refractivity contribution >= 4 is 11.9 Å². The second-order valence-electron chi connectivity index (χ2n) is 9.98. The molecule has 1 saturated carbocycles. The number of hydrogen-bond donors (Lipinski definition) is 2. The highest BCUT2D eigenvalue weighted by Crippen LogP contribution is 2.23. The van der Waals surface area contributed by atoms with Crippen LogP contribution in [-0.2, 0) is 17.9 Å². The molecule has 3 amide bonds. The van der Waals surface area contributed by atoms with Crippen LogP contribution in [0.3, 0.4) is 0 Å². The number of nitrogens with zero attached hydrogens (tertiary/aromatic N) is 2. The molecule has 0 radical (unpaired) electrons. The van der Waals surface area contributed by atoms with Gasteiger partial charge < -0.3 is 15.5 Å². The van der Waals surface area contributed by atoms with Crippen LogP contribution in [0.2, 0.25) is 0 Å². The third-order valence-corrected chi connectivity index (χ3v) is 7.34. The van der Waals surface area contributed by atoms with Crippen molar-refractivity contribution in [2.24, 2.45) is 0 Å². The van der Waals surface area contributed by atoms with Gasteiger partial charge in [-0.3, -0.25) is 9.69 Å². The highest BCUT2D eigenvalue weighted by atomic mass is 16.2. The van der Waals surface area contributed by atoms with Crippen LogP contribution in [0.4, 0.5) is 4.79 Å². The molecule has 1 saturated heterocycles. The van der Waals surface area contributed by atoms with Crippen LogP contribution in [-0.4, -0.2) is 53.5 Å². The number of carbonyl (C=O) groups excluding carboxylic acids is 2.